The number of nitrogens with zero attached hydrogens (tertiary/aromatic N) is 3. The van der Waals surface area contributed by atoms with Gasteiger partial charge in [-0.25, -0.2) is 0 Å². The minimum atomic E-state index is 0.0585. The zero-order chi connectivity index (χ0) is 16.4. The molecule has 5 nitrogen and oxygen atoms in total. The van der Waals surface area contributed by atoms with Crippen molar-refractivity contribution in [2.24, 2.45) is 13.0 Å². The molecule has 0 aliphatic carbocycles. The van der Waals surface area contributed by atoms with Gasteiger partial charge < -0.3 is 9.32 Å². The van der Waals surface area contributed by atoms with E-state index in [0.717, 1.165) is 42.9 Å². The number of amides is 1. The summed E-state index contributed by atoms with van der Waals surface area (Å²) < 4.78 is 7.68. The van der Waals surface area contributed by atoms with Crippen LogP contribution in [-0.4, -0.2) is 27.1 Å². The van der Waals surface area contributed by atoms with Crippen LogP contribution in [0, 0.1) is 5.92 Å². The van der Waals surface area contributed by atoms with E-state index in [0.29, 0.717) is 12.3 Å². The van der Waals surface area contributed by atoms with Crippen molar-refractivity contribution in [3.05, 3.63) is 41.6 Å². The van der Waals surface area contributed by atoms with Gasteiger partial charge in [0.2, 0.25) is 5.91 Å². The van der Waals surface area contributed by atoms with Crippen LogP contribution >= 0.6 is 0 Å². The summed E-state index contributed by atoms with van der Waals surface area (Å²) in [4.78, 5) is 14.8. The zero-order valence-electron chi connectivity index (χ0n) is 14.2. The Labute approximate surface area is 137 Å². The first-order valence-corrected chi connectivity index (χ1v) is 8.42. The smallest absolute Gasteiger partial charge is 0.227 e. The molecule has 0 aromatic carbocycles. The van der Waals surface area contributed by atoms with E-state index in [1.807, 2.05) is 30.3 Å². The molecule has 5 heteroatoms. The van der Waals surface area contributed by atoms with Gasteiger partial charge in [-0.2, -0.15) is 5.10 Å². The second-order valence-corrected chi connectivity index (χ2v) is 6.59. The SMILES string of the molecule is CCc1ccc(C2CC(C)CCN2C(=O)Cc2cnn(C)c2)o1. The van der Waals surface area contributed by atoms with Crippen LogP contribution in [0.3, 0.4) is 0 Å². The second kappa shape index (κ2) is 6.60. The Hall–Kier alpha value is -2.04. The summed E-state index contributed by atoms with van der Waals surface area (Å²) in [7, 11) is 1.87. The molecule has 3 rings (SSSR count). The van der Waals surface area contributed by atoms with Crippen molar-refractivity contribution in [2.45, 2.75) is 45.6 Å². The average Bonchev–Trinajstić information content (AvgIpc) is 3.16. The van der Waals surface area contributed by atoms with E-state index in [4.69, 9.17) is 4.42 Å². The molecule has 1 aliphatic rings. The molecule has 2 aromatic rings. The number of carbonyl (C=O) groups is 1. The van der Waals surface area contributed by atoms with Crippen molar-refractivity contribution in [3.63, 3.8) is 0 Å². The molecule has 0 saturated carbocycles. The van der Waals surface area contributed by atoms with E-state index in [1.54, 1.807) is 10.9 Å². The van der Waals surface area contributed by atoms with Crippen LogP contribution in [0.4, 0.5) is 0 Å². The molecular formula is C18H25N3O2. The van der Waals surface area contributed by atoms with Crippen LogP contribution in [-0.2, 0) is 24.7 Å². The second-order valence-electron chi connectivity index (χ2n) is 6.59. The summed E-state index contributed by atoms with van der Waals surface area (Å²) in [5.41, 5.74) is 0.962. The highest BCUT2D eigenvalue weighted by molar-refractivity contribution is 5.79. The van der Waals surface area contributed by atoms with Crippen molar-refractivity contribution in [3.8, 4) is 0 Å². The Kier molecular flexibility index (Phi) is 4.55. The van der Waals surface area contributed by atoms with Crippen LogP contribution in [0.2, 0.25) is 0 Å². The Morgan fingerprint density at radius 3 is 2.91 bits per heavy atom. The number of piperidine rings is 1. The molecule has 2 aromatic heterocycles. The molecule has 1 aliphatic heterocycles. The standard InChI is InChI=1S/C18H25N3O2/c1-4-15-5-6-17(23-15)16-9-13(2)7-8-21(16)18(22)10-14-11-19-20(3)12-14/h5-6,11-13,16H,4,7-10H2,1-3H3. The van der Waals surface area contributed by atoms with Gasteiger partial charge in [0.05, 0.1) is 18.7 Å². The molecule has 1 saturated heterocycles. The maximum Gasteiger partial charge on any atom is 0.227 e. The van der Waals surface area contributed by atoms with Gasteiger partial charge in [0.25, 0.3) is 0 Å². The quantitative estimate of drug-likeness (QED) is 0.871. The fourth-order valence-electron chi connectivity index (χ4n) is 3.31. The molecule has 23 heavy (non-hydrogen) atoms. The number of likely N-dealkylation sites (tertiary alicyclic amines) is 1. The molecular weight excluding hydrogens is 290 g/mol. The molecule has 2 atom stereocenters. The third-order valence-corrected chi connectivity index (χ3v) is 4.66. The number of rotatable bonds is 4. The van der Waals surface area contributed by atoms with Crippen LogP contribution in [0.25, 0.3) is 0 Å². The summed E-state index contributed by atoms with van der Waals surface area (Å²) in [5, 5.41) is 4.15. The van der Waals surface area contributed by atoms with Crippen molar-refractivity contribution in [2.75, 3.05) is 6.54 Å². The van der Waals surface area contributed by atoms with Gasteiger partial charge in [-0.1, -0.05) is 13.8 Å². The highest BCUT2D eigenvalue weighted by Gasteiger charge is 2.33. The van der Waals surface area contributed by atoms with Crippen LogP contribution in [0.5, 0.6) is 0 Å². The fourth-order valence-corrected chi connectivity index (χ4v) is 3.31. The first-order chi connectivity index (χ1) is 11.1. The van der Waals surface area contributed by atoms with Crippen LogP contribution in [0.15, 0.2) is 28.9 Å². The highest BCUT2D eigenvalue weighted by atomic mass is 16.3. The lowest BCUT2D eigenvalue weighted by atomic mass is 9.90. The maximum absolute atomic E-state index is 12.8. The zero-order valence-corrected chi connectivity index (χ0v) is 14.2. The molecule has 0 spiro atoms. The number of aryl methyl sites for hydroxylation is 2. The van der Waals surface area contributed by atoms with E-state index >= 15 is 0 Å². The molecule has 124 valence electrons. The van der Waals surface area contributed by atoms with Crippen molar-refractivity contribution < 1.29 is 9.21 Å². The molecule has 0 radical (unpaired) electrons. The number of furan rings is 1. The lowest BCUT2D eigenvalue weighted by Crippen LogP contribution is -2.41. The summed E-state index contributed by atoms with van der Waals surface area (Å²) >= 11 is 0. The minimum absolute atomic E-state index is 0.0585. The van der Waals surface area contributed by atoms with Gasteiger partial charge in [-0.05, 0) is 36.5 Å². The van der Waals surface area contributed by atoms with Gasteiger partial charge in [-0.3, -0.25) is 9.48 Å². The lowest BCUT2D eigenvalue weighted by Gasteiger charge is -2.37. The van der Waals surface area contributed by atoms with Crippen molar-refractivity contribution in [1.82, 2.24) is 14.7 Å². The number of hydrogen-bond acceptors (Lipinski definition) is 3. The van der Waals surface area contributed by atoms with Crippen molar-refractivity contribution >= 4 is 5.91 Å². The Bertz CT molecular complexity index is 673. The monoisotopic (exact) mass is 315 g/mol. The van der Waals surface area contributed by atoms with Crippen molar-refractivity contribution in [1.29, 1.82) is 0 Å². The Morgan fingerprint density at radius 1 is 1.43 bits per heavy atom. The first-order valence-electron chi connectivity index (χ1n) is 8.42. The molecule has 0 N–H and O–H groups in total. The third kappa shape index (κ3) is 3.49. The van der Waals surface area contributed by atoms with E-state index < -0.39 is 0 Å². The van der Waals surface area contributed by atoms with Gasteiger partial charge in [0.1, 0.15) is 11.5 Å². The largest absolute Gasteiger partial charge is 0.464 e. The van der Waals surface area contributed by atoms with Gasteiger partial charge in [-0.15, -0.1) is 0 Å². The van der Waals surface area contributed by atoms with Gasteiger partial charge in [0.15, 0.2) is 0 Å². The van der Waals surface area contributed by atoms with Gasteiger partial charge in [0, 0.05) is 26.2 Å². The Balaban J connectivity index is 1.78. The fraction of sp³-hybridized carbons (Fsp3) is 0.556. The molecule has 2 unspecified atom stereocenters. The number of carbonyl (C=O) groups excluding carboxylic acids is 1. The average molecular weight is 315 g/mol. The Morgan fingerprint density at radius 2 is 2.26 bits per heavy atom. The minimum Gasteiger partial charge on any atom is -0.464 e. The molecule has 1 fully saturated rings. The first kappa shape index (κ1) is 15.8. The summed E-state index contributed by atoms with van der Waals surface area (Å²) in [6.07, 6.45) is 6.97. The van der Waals surface area contributed by atoms with Crippen LogP contribution < -0.4 is 0 Å². The predicted octanol–water partition coefficient (Wildman–Crippen LogP) is 3.12. The summed E-state index contributed by atoms with van der Waals surface area (Å²) in [6.45, 7) is 5.13. The summed E-state index contributed by atoms with van der Waals surface area (Å²) in [5.74, 6) is 2.67. The summed E-state index contributed by atoms with van der Waals surface area (Å²) in [6, 6.07) is 4.12. The maximum atomic E-state index is 12.8. The number of aromatic nitrogens is 2. The number of hydrogen-bond donors (Lipinski definition) is 0. The van der Waals surface area contributed by atoms with E-state index in [2.05, 4.69) is 18.9 Å². The highest BCUT2D eigenvalue weighted by Crippen LogP contribution is 2.35. The van der Waals surface area contributed by atoms with Crippen LogP contribution in [0.1, 0.15) is 49.8 Å². The molecule has 1 amide bonds. The normalized spacial score (nSPS) is 21.6. The molecule has 0 bridgehead atoms. The third-order valence-electron chi connectivity index (χ3n) is 4.66. The van der Waals surface area contributed by atoms with E-state index in [9.17, 15) is 4.79 Å². The van der Waals surface area contributed by atoms with Gasteiger partial charge >= 0.3 is 0 Å². The van der Waals surface area contributed by atoms with E-state index in [-0.39, 0.29) is 11.9 Å². The molecule has 3 heterocycles. The lowest BCUT2D eigenvalue weighted by molar-refractivity contribution is -0.135. The predicted molar refractivity (Wildman–Crippen MR) is 87.9 cm³/mol. The van der Waals surface area contributed by atoms with E-state index in [1.165, 1.54) is 0 Å². The topological polar surface area (TPSA) is 51.3 Å².